The van der Waals surface area contributed by atoms with E-state index in [9.17, 15) is 9.59 Å². The summed E-state index contributed by atoms with van der Waals surface area (Å²) in [5.41, 5.74) is 4.60. The van der Waals surface area contributed by atoms with Gasteiger partial charge in [-0.2, -0.15) is 0 Å². The standard InChI is InChI=1S/C22H28N2O4/c1-14-12-19(28-4)15(2)16(3)21(14)24-22(27)23-18(10-11-20(25)26)13-17-8-6-5-7-9-17/h5-9,12,18H,10-11,13H2,1-4H3,(H,25,26)(H2,23,24,27). The molecule has 0 bridgehead atoms. The van der Waals surface area contributed by atoms with Gasteiger partial charge in [0, 0.05) is 18.2 Å². The van der Waals surface area contributed by atoms with Crippen molar-refractivity contribution in [3.63, 3.8) is 0 Å². The van der Waals surface area contributed by atoms with E-state index in [-0.39, 0.29) is 18.5 Å². The number of ether oxygens (including phenoxy) is 1. The van der Waals surface area contributed by atoms with Crippen LogP contribution in [0, 0.1) is 20.8 Å². The van der Waals surface area contributed by atoms with E-state index in [4.69, 9.17) is 9.84 Å². The number of amides is 2. The molecule has 0 aromatic heterocycles. The molecule has 0 aliphatic carbocycles. The minimum Gasteiger partial charge on any atom is -0.496 e. The molecule has 1 atom stereocenters. The number of rotatable bonds is 8. The third-order valence-electron chi connectivity index (χ3n) is 4.87. The molecule has 0 aliphatic heterocycles. The van der Waals surface area contributed by atoms with Crippen molar-refractivity contribution >= 4 is 17.7 Å². The van der Waals surface area contributed by atoms with E-state index in [1.165, 1.54) is 0 Å². The van der Waals surface area contributed by atoms with Crippen LogP contribution in [0.4, 0.5) is 10.5 Å². The van der Waals surface area contributed by atoms with Gasteiger partial charge in [-0.15, -0.1) is 0 Å². The van der Waals surface area contributed by atoms with E-state index in [0.717, 1.165) is 33.7 Å². The number of methoxy groups -OCH3 is 1. The minimum absolute atomic E-state index is 0.00250. The molecule has 150 valence electrons. The highest BCUT2D eigenvalue weighted by atomic mass is 16.5. The van der Waals surface area contributed by atoms with Crippen molar-refractivity contribution in [1.29, 1.82) is 0 Å². The van der Waals surface area contributed by atoms with Crippen LogP contribution in [0.25, 0.3) is 0 Å². The van der Waals surface area contributed by atoms with Gasteiger partial charge in [0.1, 0.15) is 5.75 Å². The van der Waals surface area contributed by atoms with Gasteiger partial charge in [0.05, 0.1) is 7.11 Å². The van der Waals surface area contributed by atoms with E-state index in [1.54, 1.807) is 7.11 Å². The van der Waals surface area contributed by atoms with Crippen molar-refractivity contribution in [2.45, 2.75) is 46.1 Å². The van der Waals surface area contributed by atoms with E-state index in [2.05, 4.69) is 10.6 Å². The van der Waals surface area contributed by atoms with Crippen molar-refractivity contribution in [2.24, 2.45) is 0 Å². The Balaban J connectivity index is 2.12. The average Bonchev–Trinajstić information content (AvgIpc) is 2.67. The minimum atomic E-state index is -0.877. The summed E-state index contributed by atoms with van der Waals surface area (Å²) < 4.78 is 5.37. The zero-order valence-electron chi connectivity index (χ0n) is 16.8. The van der Waals surface area contributed by atoms with Crippen LogP contribution in [0.1, 0.15) is 35.1 Å². The summed E-state index contributed by atoms with van der Waals surface area (Å²) >= 11 is 0. The summed E-state index contributed by atoms with van der Waals surface area (Å²) in [6.45, 7) is 5.80. The molecule has 6 heteroatoms. The third-order valence-corrected chi connectivity index (χ3v) is 4.87. The number of carbonyl (C=O) groups is 2. The monoisotopic (exact) mass is 384 g/mol. The first-order chi connectivity index (χ1) is 13.3. The van der Waals surface area contributed by atoms with Crippen molar-refractivity contribution in [1.82, 2.24) is 5.32 Å². The number of carboxylic acid groups (broad SMARTS) is 1. The highest BCUT2D eigenvalue weighted by Gasteiger charge is 2.17. The second-order valence-corrected chi connectivity index (χ2v) is 6.94. The molecule has 0 aliphatic rings. The summed E-state index contributed by atoms with van der Waals surface area (Å²) in [6.07, 6.45) is 0.926. The van der Waals surface area contributed by atoms with Crippen LogP contribution in [0.15, 0.2) is 36.4 Å². The van der Waals surface area contributed by atoms with Gasteiger partial charge >= 0.3 is 12.0 Å². The van der Waals surface area contributed by atoms with Gasteiger partial charge in [0.2, 0.25) is 0 Å². The largest absolute Gasteiger partial charge is 0.496 e. The second kappa shape index (κ2) is 9.78. The van der Waals surface area contributed by atoms with Gasteiger partial charge in [0.15, 0.2) is 0 Å². The Labute approximate surface area is 165 Å². The van der Waals surface area contributed by atoms with Crippen LogP contribution in [-0.4, -0.2) is 30.3 Å². The number of carbonyl (C=O) groups excluding carboxylic acids is 1. The van der Waals surface area contributed by atoms with Crippen LogP contribution in [0.2, 0.25) is 0 Å². The Morgan fingerprint density at radius 1 is 1.11 bits per heavy atom. The van der Waals surface area contributed by atoms with Gasteiger partial charge < -0.3 is 20.5 Å². The Hall–Kier alpha value is -3.02. The first kappa shape index (κ1) is 21.3. The molecular formula is C22H28N2O4. The lowest BCUT2D eigenvalue weighted by atomic mass is 10.0. The highest BCUT2D eigenvalue weighted by Crippen LogP contribution is 2.31. The van der Waals surface area contributed by atoms with Crippen molar-refractivity contribution < 1.29 is 19.4 Å². The molecule has 2 aromatic carbocycles. The predicted octanol–water partition coefficient (Wildman–Crippen LogP) is 4.22. The zero-order chi connectivity index (χ0) is 20.7. The van der Waals surface area contributed by atoms with Gasteiger partial charge in [-0.1, -0.05) is 30.3 Å². The first-order valence-corrected chi connectivity index (χ1v) is 9.29. The highest BCUT2D eigenvalue weighted by molar-refractivity contribution is 5.91. The molecule has 0 saturated carbocycles. The summed E-state index contributed by atoms with van der Waals surface area (Å²) in [5.74, 6) is -0.0953. The lowest BCUT2D eigenvalue weighted by Crippen LogP contribution is -2.40. The maximum Gasteiger partial charge on any atom is 0.319 e. The van der Waals surface area contributed by atoms with E-state index < -0.39 is 5.97 Å². The van der Waals surface area contributed by atoms with Crippen LogP contribution in [0.3, 0.4) is 0 Å². The van der Waals surface area contributed by atoms with Crippen LogP contribution < -0.4 is 15.4 Å². The van der Waals surface area contributed by atoms with Gasteiger partial charge in [0.25, 0.3) is 0 Å². The molecule has 2 aromatic rings. The number of anilines is 1. The van der Waals surface area contributed by atoms with Crippen molar-refractivity contribution in [3.8, 4) is 5.75 Å². The number of carboxylic acids is 1. The van der Waals surface area contributed by atoms with Gasteiger partial charge in [-0.3, -0.25) is 4.79 Å². The molecule has 6 nitrogen and oxygen atoms in total. The SMILES string of the molecule is COc1cc(C)c(NC(=O)NC(CCC(=O)O)Cc2ccccc2)c(C)c1C. The fraction of sp³-hybridized carbons (Fsp3) is 0.364. The molecule has 3 N–H and O–H groups in total. The summed E-state index contributed by atoms with van der Waals surface area (Å²) in [7, 11) is 1.62. The van der Waals surface area contributed by atoms with Crippen molar-refractivity contribution in [2.75, 3.05) is 12.4 Å². The number of aryl methyl sites for hydroxylation is 1. The number of hydrogen-bond donors (Lipinski definition) is 3. The number of nitrogens with one attached hydrogen (secondary N) is 2. The van der Waals surface area contributed by atoms with Gasteiger partial charge in [-0.05, 0) is 61.9 Å². The number of urea groups is 1. The lowest BCUT2D eigenvalue weighted by Gasteiger charge is -2.21. The molecule has 0 radical (unpaired) electrons. The lowest BCUT2D eigenvalue weighted by molar-refractivity contribution is -0.137. The van der Waals surface area contributed by atoms with Crippen LogP contribution in [0.5, 0.6) is 5.75 Å². The zero-order valence-corrected chi connectivity index (χ0v) is 16.8. The molecule has 0 spiro atoms. The van der Waals surface area contributed by atoms with Crippen LogP contribution >= 0.6 is 0 Å². The summed E-state index contributed by atoms with van der Waals surface area (Å²) in [6, 6.07) is 11.0. The fourth-order valence-electron chi connectivity index (χ4n) is 3.21. The quantitative estimate of drug-likeness (QED) is 0.636. The number of hydrogen-bond acceptors (Lipinski definition) is 3. The molecular weight excluding hydrogens is 356 g/mol. The molecule has 2 amide bonds. The molecule has 0 fully saturated rings. The molecule has 0 heterocycles. The normalized spacial score (nSPS) is 11.6. The average molecular weight is 384 g/mol. The number of benzene rings is 2. The Morgan fingerprint density at radius 3 is 2.39 bits per heavy atom. The Bertz CT molecular complexity index is 834. The van der Waals surface area contributed by atoms with Crippen molar-refractivity contribution in [3.05, 3.63) is 58.7 Å². The smallest absolute Gasteiger partial charge is 0.319 e. The molecule has 2 rings (SSSR count). The molecule has 1 unspecified atom stereocenters. The molecule has 0 saturated heterocycles. The summed E-state index contributed by atoms with van der Waals surface area (Å²) in [4.78, 5) is 23.6. The predicted molar refractivity (Wildman–Crippen MR) is 110 cm³/mol. The first-order valence-electron chi connectivity index (χ1n) is 9.29. The topological polar surface area (TPSA) is 87.7 Å². The Kier molecular flexibility index (Phi) is 7.44. The Morgan fingerprint density at radius 2 is 1.79 bits per heavy atom. The second-order valence-electron chi connectivity index (χ2n) is 6.94. The fourth-order valence-corrected chi connectivity index (χ4v) is 3.21. The third kappa shape index (κ3) is 5.74. The van der Waals surface area contributed by atoms with E-state index in [1.807, 2.05) is 57.2 Å². The summed E-state index contributed by atoms with van der Waals surface area (Å²) in [5, 5.41) is 14.9. The van der Waals surface area contributed by atoms with E-state index >= 15 is 0 Å². The maximum absolute atomic E-state index is 12.6. The van der Waals surface area contributed by atoms with Gasteiger partial charge in [-0.25, -0.2) is 4.79 Å². The van der Waals surface area contributed by atoms with Crippen LogP contribution in [-0.2, 0) is 11.2 Å². The van der Waals surface area contributed by atoms with E-state index in [0.29, 0.717) is 12.8 Å². The molecule has 28 heavy (non-hydrogen) atoms. The number of aliphatic carboxylic acids is 1. The maximum atomic E-state index is 12.6.